The summed E-state index contributed by atoms with van der Waals surface area (Å²) in [5.41, 5.74) is 6.86. The number of aromatic carboxylic acids is 1. The highest BCUT2D eigenvalue weighted by Gasteiger charge is 2.41. The molecule has 0 radical (unpaired) electrons. The number of anilines is 2. The van der Waals surface area contributed by atoms with Crippen molar-refractivity contribution in [2.75, 3.05) is 118 Å². The first-order chi connectivity index (χ1) is 32.1. The highest BCUT2D eigenvalue weighted by Crippen LogP contribution is 2.43. The average molecular weight is 940 g/mol. The predicted octanol–water partition coefficient (Wildman–Crippen LogP) is 4.48. The van der Waals surface area contributed by atoms with Crippen LogP contribution in [-0.2, 0) is 28.5 Å². The van der Waals surface area contributed by atoms with E-state index < -0.39 is 19.0 Å². The standard InChI is InChI=1S/C50H65N5O11Si/c1-35-10-17-44(45(31-35)55(60)61)51-19-23-64-27-25-62-21-8-9-39(56)18-22-63-26-29-66-30-28-65-24-20-52-49(57)36-11-14-40(50(58)59)43(32-36)48-41-15-12-37(53(2)3)33-46(41)67(6,7)47-34-38(54(4)5)13-16-42(47)48/h10-17,31-34,51H,8-9,18-30H2,1-7H3,(H-,52,57,58,59). The van der Waals surface area contributed by atoms with Gasteiger partial charge in [-0.2, -0.15) is 0 Å². The normalized spacial score (nSPS) is 13.7. The molecule has 360 valence electrons. The zero-order valence-corrected chi connectivity index (χ0v) is 40.9. The van der Waals surface area contributed by atoms with E-state index in [0.29, 0.717) is 102 Å². The fourth-order valence-electron chi connectivity index (χ4n) is 7.83. The van der Waals surface area contributed by atoms with Gasteiger partial charge < -0.3 is 49.1 Å². The molecule has 0 unspecified atom stereocenters. The van der Waals surface area contributed by atoms with Crippen molar-refractivity contribution in [2.45, 2.75) is 39.3 Å². The molecule has 3 aromatic rings. The van der Waals surface area contributed by atoms with E-state index in [-0.39, 0.29) is 36.1 Å². The Bertz CT molecular complexity index is 2390. The molecular formula is C50H65N5O11Si. The lowest BCUT2D eigenvalue weighted by molar-refractivity contribution is -0.462. The maximum Gasteiger partial charge on any atom is 0.292 e. The largest absolute Gasteiger partial charge is 0.545 e. The third kappa shape index (κ3) is 14.6. The Morgan fingerprint density at radius 3 is 2.06 bits per heavy atom. The Morgan fingerprint density at radius 2 is 1.40 bits per heavy atom. The maximum absolute atomic E-state index is 13.5. The molecular weight excluding hydrogens is 875 g/mol. The molecule has 2 N–H and O–H groups in total. The van der Waals surface area contributed by atoms with Crippen molar-refractivity contribution in [1.82, 2.24) is 5.32 Å². The Morgan fingerprint density at radius 1 is 0.746 bits per heavy atom. The van der Waals surface area contributed by atoms with Gasteiger partial charge in [0.05, 0.1) is 70.4 Å². The van der Waals surface area contributed by atoms with Crippen molar-refractivity contribution >= 4 is 59.3 Å². The number of carbonyl (C=O) groups excluding carboxylic acids is 3. The maximum atomic E-state index is 13.5. The summed E-state index contributed by atoms with van der Waals surface area (Å²) in [7, 11) is 5.73. The molecule has 0 aromatic heterocycles. The van der Waals surface area contributed by atoms with Crippen molar-refractivity contribution in [3.63, 3.8) is 0 Å². The SMILES string of the molecule is Cc1ccc(NCCOCCOCCCC(=O)CCOCCOCCOCCNC(=O)c2ccc(C(=O)[O-])c(C3=C4C=CC(=[N+](C)C)C=C4[Si](C)(C)c4cc(N(C)C)ccc43)c2)c([N+](=O)[O-])c1. The number of fused-ring (bicyclic) bond motifs is 2. The molecule has 0 atom stereocenters. The van der Waals surface area contributed by atoms with Crippen LogP contribution in [0.3, 0.4) is 0 Å². The molecule has 1 amide bonds. The number of nitrogens with zero attached hydrogens (tertiary/aromatic N) is 3. The number of ether oxygens (including phenoxy) is 5. The van der Waals surface area contributed by atoms with Gasteiger partial charge in [0.15, 0.2) is 5.71 Å². The number of amides is 1. The highest BCUT2D eigenvalue weighted by molar-refractivity contribution is 6.98. The quantitative estimate of drug-likeness (QED) is 0.0341. The fraction of sp³-hybridized carbons (Fsp3) is 0.440. The number of allylic oxidation sites excluding steroid dienone is 5. The van der Waals surface area contributed by atoms with Crippen LogP contribution in [0.25, 0.3) is 5.57 Å². The summed E-state index contributed by atoms with van der Waals surface area (Å²) >= 11 is 0. The van der Waals surface area contributed by atoms with Gasteiger partial charge >= 0.3 is 0 Å². The molecule has 0 bridgehead atoms. The number of hydrogen-bond acceptors (Lipinski definition) is 13. The smallest absolute Gasteiger partial charge is 0.292 e. The number of nitro benzene ring substituents is 1. The van der Waals surface area contributed by atoms with Gasteiger partial charge in [0.2, 0.25) is 0 Å². The summed E-state index contributed by atoms with van der Waals surface area (Å²) in [6.07, 6.45) is 7.63. The minimum atomic E-state index is -2.28. The highest BCUT2D eigenvalue weighted by atomic mass is 28.3. The second-order valence-corrected chi connectivity index (χ2v) is 21.5. The number of aryl methyl sites for hydroxylation is 1. The molecule has 16 nitrogen and oxygen atoms in total. The number of ketones is 1. The Labute approximate surface area is 394 Å². The Kier molecular flexibility index (Phi) is 19.7. The average Bonchev–Trinajstić information content (AvgIpc) is 3.29. The van der Waals surface area contributed by atoms with Gasteiger partial charge in [-0.05, 0) is 88.0 Å². The van der Waals surface area contributed by atoms with E-state index in [0.717, 1.165) is 33.7 Å². The zero-order valence-electron chi connectivity index (χ0n) is 39.9. The van der Waals surface area contributed by atoms with Crippen molar-refractivity contribution in [3.8, 4) is 0 Å². The van der Waals surface area contributed by atoms with Gasteiger partial charge in [0.1, 0.15) is 33.6 Å². The van der Waals surface area contributed by atoms with E-state index in [9.17, 15) is 29.6 Å². The van der Waals surface area contributed by atoms with E-state index in [1.165, 1.54) is 28.6 Å². The molecule has 1 aliphatic carbocycles. The second-order valence-electron chi connectivity index (χ2n) is 17.2. The van der Waals surface area contributed by atoms with Gasteiger partial charge in [-0.25, -0.2) is 4.58 Å². The predicted molar refractivity (Wildman–Crippen MR) is 261 cm³/mol. The number of carboxylic acids is 1. The first kappa shape index (κ1) is 52.2. The molecule has 5 rings (SSSR count). The lowest BCUT2D eigenvalue weighted by Gasteiger charge is -2.38. The van der Waals surface area contributed by atoms with Crippen molar-refractivity contribution in [2.24, 2.45) is 0 Å². The molecule has 17 heteroatoms. The summed E-state index contributed by atoms with van der Waals surface area (Å²) in [6.45, 7) is 10.6. The van der Waals surface area contributed by atoms with Crippen LogP contribution in [0, 0.1) is 17.0 Å². The van der Waals surface area contributed by atoms with Crippen molar-refractivity contribution in [3.05, 3.63) is 122 Å². The lowest BCUT2D eigenvalue weighted by atomic mass is 9.86. The fourth-order valence-corrected chi connectivity index (χ4v) is 10.9. The molecule has 0 spiro atoms. The molecule has 0 saturated heterocycles. The molecule has 2 aliphatic rings. The van der Waals surface area contributed by atoms with Crippen LogP contribution in [0.4, 0.5) is 17.1 Å². The van der Waals surface area contributed by atoms with Crippen LogP contribution >= 0.6 is 0 Å². The summed E-state index contributed by atoms with van der Waals surface area (Å²) in [5.74, 6) is -1.58. The third-order valence-electron chi connectivity index (χ3n) is 11.5. The minimum absolute atomic E-state index is 0.0118. The number of nitrogens with one attached hydrogen (secondary N) is 2. The molecule has 0 saturated carbocycles. The zero-order chi connectivity index (χ0) is 48.5. The summed E-state index contributed by atoms with van der Waals surface area (Å²) < 4.78 is 29.9. The van der Waals surface area contributed by atoms with Gasteiger partial charge in [0.25, 0.3) is 11.6 Å². The van der Waals surface area contributed by atoms with E-state index >= 15 is 0 Å². The van der Waals surface area contributed by atoms with Crippen LogP contribution < -0.4 is 25.8 Å². The first-order valence-electron chi connectivity index (χ1n) is 22.6. The van der Waals surface area contributed by atoms with Crippen LogP contribution in [-0.4, -0.2) is 148 Å². The first-order valence-corrected chi connectivity index (χ1v) is 25.6. The van der Waals surface area contributed by atoms with Crippen LogP contribution in [0.2, 0.25) is 13.1 Å². The third-order valence-corrected chi connectivity index (χ3v) is 15.0. The monoisotopic (exact) mass is 939 g/mol. The van der Waals surface area contributed by atoms with Gasteiger partial charge in [-0.15, -0.1) is 0 Å². The number of carbonyl (C=O) groups is 3. The molecule has 3 aromatic carbocycles. The number of carboxylic acid groups (broad SMARTS) is 1. The van der Waals surface area contributed by atoms with Crippen molar-refractivity contribution < 1.29 is 52.7 Å². The van der Waals surface area contributed by atoms with Gasteiger partial charge in [0, 0.05) is 81.7 Å². The number of Topliss-reactive ketones (excluding diaryl/α,β-unsaturated/α-hetero) is 1. The Hall–Kier alpha value is -5.82. The number of hydrogen-bond donors (Lipinski definition) is 2. The van der Waals surface area contributed by atoms with Crippen molar-refractivity contribution in [1.29, 1.82) is 0 Å². The summed E-state index contributed by atoms with van der Waals surface area (Å²) in [4.78, 5) is 51.2. The number of nitro groups is 1. The molecule has 67 heavy (non-hydrogen) atoms. The summed E-state index contributed by atoms with van der Waals surface area (Å²) in [5, 5.41) is 32.1. The van der Waals surface area contributed by atoms with E-state index in [2.05, 4.69) is 57.5 Å². The second kappa shape index (κ2) is 25.3. The minimum Gasteiger partial charge on any atom is -0.545 e. The molecule has 0 fully saturated rings. The lowest BCUT2D eigenvalue weighted by Crippen LogP contribution is -2.50. The summed E-state index contributed by atoms with van der Waals surface area (Å²) in [6, 6.07) is 16.0. The van der Waals surface area contributed by atoms with E-state index in [1.807, 2.05) is 46.4 Å². The van der Waals surface area contributed by atoms with Crippen LogP contribution in [0.5, 0.6) is 0 Å². The van der Waals surface area contributed by atoms with E-state index in [1.54, 1.807) is 19.1 Å². The van der Waals surface area contributed by atoms with E-state index in [4.69, 9.17) is 23.7 Å². The van der Waals surface area contributed by atoms with Crippen LogP contribution in [0.15, 0.2) is 83.6 Å². The van der Waals surface area contributed by atoms with Gasteiger partial charge in [-0.3, -0.25) is 19.7 Å². The Balaban J connectivity index is 0.959. The number of benzene rings is 3. The van der Waals surface area contributed by atoms with Crippen LogP contribution in [0.1, 0.15) is 56.7 Å². The molecule has 1 heterocycles. The number of rotatable bonds is 28. The van der Waals surface area contributed by atoms with Gasteiger partial charge in [-0.1, -0.05) is 31.3 Å². The topological polar surface area (TPSA) is 194 Å². The molecule has 1 aliphatic heterocycles.